The van der Waals surface area contributed by atoms with Gasteiger partial charge in [-0.15, -0.1) is 0 Å². The smallest absolute Gasteiger partial charge is 0.170 e. The molecule has 1 saturated heterocycles. The van der Waals surface area contributed by atoms with Crippen LogP contribution in [0.25, 0.3) is 5.69 Å². The lowest BCUT2D eigenvalue weighted by molar-refractivity contribution is 0.286. The molecule has 3 aromatic rings. The first-order valence-corrected chi connectivity index (χ1v) is 10.9. The maximum absolute atomic E-state index is 6.28. The molecule has 0 unspecified atom stereocenters. The van der Waals surface area contributed by atoms with Crippen LogP contribution in [0.4, 0.5) is 0 Å². The van der Waals surface area contributed by atoms with Crippen LogP contribution in [0.15, 0.2) is 67.0 Å². The Morgan fingerprint density at radius 2 is 2.00 bits per heavy atom. The van der Waals surface area contributed by atoms with Gasteiger partial charge in [0.1, 0.15) is 0 Å². The molecule has 2 atom stereocenters. The lowest BCUT2D eigenvalue weighted by Crippen LogP contribution is -2.32. The number of benzene rings is 1. The second kappa shape index (κ2) is 9.16. The molecule has 1 N–H and O–H groups in total. The lowest BCUT2D eigenvalue weighted by Gasteiger charge is -2.29. The number of rotatable bonds is 7. The molecule has 2 aromatic heterocycles. The summed E-state index contributed by atoms with van der Waals surface area (Å²) in [6.07, 6.45) is 4.94. The summed E-state index contributed by atoms with van der Waals surface area (Å²) in [7, 11) is 4.19. The monoisotopic (exact) mass is 439 g/mol. The molecule has 1 fully saturated rings. The zero-order valence-corrected chi connectivity index (χ0v) is 18.8. The molecule has 4 rings (SSSR count). The van der Waals surface area contributed by atoms with E-state index >= 15 is 0 Å². The molecule has 0 bridgehead atoms. The van der Waals surface area contributed by atoms with Crippen LogP contribution in [-0.2, 0) is 0 Å². The number of pyridine rings is 1. The molecular weight excluding hydrogens is 414 g/mol. The second-order valence-corrected chi connectivity index (χ2v) is 8.58. The van der Waals surface area contributed by atoms with Crippen LogP contribution in [0.2, 0.25) is 5.02 Å². The van der Waals surface area contributed by atoms with Gasteiger partial charge in [0.15, 0.2) is 5.11 Å². The third kappa shape index (κ3) is 4.36. The normalized spacial score (nSPS) is 18.8. The average molecular weight is 440 g/mol. The van der Waals surface area contributed by atoms with Gasteiger partial charge < -0.3 is 19.7 Å². The maximum Gasteiger partial charge on any atom is 0.170 e. The van der Waals surface area contributed by atoms with E-state index < -0.39 is 0 Å². The third-order valence-corrected chi connectivity index (χ3v) is 5.96. The molecule has 0 amide bonds. The Morgan fingerprint density at radius 3 is 2.73 bits per heavy atom. The summed E-state index contributed by atoms with van der Waals surface area (Å²) in [5, 5.41) is 5.02. The largest absolute Gasteiger partial charge is 0.352 e. The van der Waals surface area contributed by atoms with E-state index in [1.54, 1.807) is 0 Å². The predicted octanol–water partition coefficient (Wildman–Crippen LogP) is 4.45. The fourth-order valence-corrected chi connectivity index (χ4v) is 4.54. The first-order chi connectivity index (χ1) is 14.5. The van der Waals surface area contributed by atoms with E-state index in [0.717, 1.165) is 46.7 Å². The highest BCUT2D eigenvalue weighted by molar-refractivity contribution is 7.80. The number of nitrogens with zero attached hydrogens (tertiary/aromatic N) is 4. The van der Waals surface area contributed by atoms with Crippen molar-refractivity contribution in [3.63, 3.8) is 0 Å². The van der Waals surface area contributed by atoms with Crippen LogP contribution in [-0.4, -0.2) is 51.6 Å². The standard InChI is InChI=1S/C23H26ClN5S/c1-27(2)13-7-15-29-22(21(26-23(29)30)19-10-3-4-12-25-19)20-11-6-14-28(20)18-9-5-8-17(24)16-18/h3-6,8-12,14,16,21-22H,7,13,15H2,1-2H3,(H,26,30)/t21-,22-/m1/s1. The summed E-state index contributed by atoms with van der Waals surface area (Å²) in [5.41, 5.74) is 3.18. The molecule has 7 heteroatoms. The van der Waals surface area contributed by atoms with Gasteiger partial charge in [-0.05, 0) is 81.7 Å². The van der Waals surface area contributed by atoms with Crippen molar-refractivity contribution in [3.05, 3.63) is 83.4 Å². The maximum atomic E-state index is 6.28. The minimum atomic E-state index is -0.0223. The van der Waals surface area contributed by atoms with E-state index in [1.165, 1.54) is 0 Å². The highest BCUT2D eigenvalue weighted by atomic mass is 35.5. The van der Waals surface area contributed by atoms with Crippen molar-refractivity contribution >= 4 is 28.9 Å². The molecule has 1 aliphatic rings. The van der Waals surface area contributed by atoms with Crippen molar-refractivity contribution in [1.29, 1.82) is 0 Å². The molecule has 30 heavy (non-hydrogen) atoms. The quantitative estimate of drug-likeness (QED) is 0.550. The number of hydrogen-bond donors (Lipinski definition) is 1. The highest BCUT2D eigenvalue weighted by Gasteiger charge is 2.40. The molecule has 0 radical (unpaired) electrons. The Balaban J connectivity index is 1.74. The Kier molecular flexibility index (Phi) is 6.37. The van der Waals surface area contributed by atoms with Gasteiger partial charge in [-0.25, -0.2) is 0 Å². The van der Waals surface area contributed by atoms with Gasteiger partial charge in [-0.2, -0.15) is 0 Å². The Hall–Kier alpha value is -2.41. The van der Waals surface area contributed by atoms with Crippen molar-refractivity contribution in [1.82, 2.24) is 24.7 Å². The molecule has 3 heterocycles. The first-order valence-electron chi connectivity index (χ1n) is 10.1. The summed E-state index contributed by atoms with van der Waals surface area (Å²) in [6, 6.07) is 18.2. The molecule has 0 saturated carbocycles. The van der Waals surface area contributed by atoms with E-state index in [9.17, 15) is 0 Å². The van der Waals surface area contributed by atoms with Crippen LogP contribution in [0, 0.1) is 0 Å². The molecule has 156 valence electrons. The molecule has 0 aliphatic carbocycles. The number of hydrogen-bond acceptors (Lipinski definition) is 3. The van der Waals surface area contributed by atoms with Crippen molar-refractivity contribution in [2.45, 2.75) is 18.5 Å². The van der Waals surface area contributed by atoms with Gasteiger partial charge in [-0.3, -0.25) is 4.98 Å². The molecule has 5 nitrogen and oxygen atoms in total. The molecule has 1 aromatic carbocycles. The zero-order chi connectivity index (χ0) is 21.1. The van der Waals surface area contributed by atoms with Crippen LogP contribution in [0.5, 0.6) is 0 Å². The Bertz CT molecular complexity index is 1000. The van der Waals surface area contributed by atoms with Gasteiger partial charge >= 0.3 is 0 Å². The molecule has 1 aliphatic heterocycles. The predicted molar refractivity (Wildman–Crippen MR) is 126 cm³/mol. The summed E-state index contributed by atoms with van der Waals surface area (Å²) in [4.78, 5) is 9.13. The number of halogens is 1. The average Bonchev–Trinajstić information content (AvgIpc) is 3.33. The van der Waals surface area contributed by atoms with Crippen LogP contribution >= 0.6 is 23.8 Å². The minimum Gasteiger partial charge on any atom is -0.352 e. The fourth-order valence-electron chi connectivity index (χ4n) is 4.02. The van der Waals surface area contributed by atoms with Crippen LogP contribution in [0.1, 0.15) is 29.9 Å². The Morgan fingerprint density at radius 1 is 1.13 bits per heavy atom. The van der Waals surface area contributed by atoms with Crippen LogP contribution < -0.4 is 5.32 Å². The van der Waals surface area contributed by atoms with E-state index in [2.05, 4.69) is 69.2 Å². The third-order valence-electron chi connectivity index (χ3n) is 5.37. The molecular formula is C23H26ClN5S. The van der Waals surface area contributed by atoms with Gasteiger partial charge in [0.25, 0.3) is 0 Å². The number of thiocarbonyl (C=S) groups is 1. The minimum absolute atomic E-state index is 0.0223. The summed E-state index contributed by atoms with van der Waals surface area (Å²) < 4.78 is 2.20. The molecule has 0 spiro atoms. The zero-order valence-electron chi connectivity index (χ0n) is 17.2. The van der Waals surface area contributed by atoms with Gasteiger partial charge in [0.2, 0.25) is 0 Å². The van der Waals surface area contributed by atoms with Crippen molar-refractivity contribution in [2.75, 3.05) is 27.2 Å². The highest BCUT2D eigenvalue weighted by Crippen LogP contribution is 2.39. The SMILES string of the molecule is CN(C)CCCN1C(=S)N[C@H](c2ccccn2)[C@H]1c1cccn1-c1cccc(Cl)c1. The first kappa shape index (κ1) is 20.8. The van der Waals surface area contributed by atoms with Gasteiger partial charge in [0, 0.05) is 35.3 Å². The van der Waals surface area contributed by atoms with E-state index in [1.807, 2.05) is 36.5 Å². The summed E-state index contributed by atoms with van der Waals surface area (Å²) >= 11 is 12.0. The van der Waals surface area contributed by atoms with Crippen molar-refractivity contribution < 1.29 is 0 Å². The summed E-state index contributed by atoms with van der Waals surface area (Å²) in [6.45, 7) is 1.88. The van der Waals surface area contributed by atoms with Crippen LogP contribution in [0.3, 0.4) is 0 Å². The lowest BCUT2D eigenvalue weighted by atomic mass is 10.0. The topological polar surface area (TPSA) is 36.3 Å². The van der Waals surface area contributed by atoms with E-state index in [0.29, 0.717) is 0 Å². The van der Waals surface area contributed by atoms with E-state index in [4.69, 9.17) is 23.8 Å². The number of aromatic nitrogens is 2. The van der Waals surface area contributed by atoms with Crippen molar-refractivity contribution in [2.24, 2.45) is 0 Å². The van der Waals surface area contributed by atoms with E-state index in [-0.39, 0.29) is 12.1 Å². The van der Waals surface area contributed by atoms with Gasteiger partial charge in [0.05, 0.1) is 17.8 Å². The second-order valence-electron chi connectivity index (χ2n) is 7.76. The Labute approximate surface area is 188 Å². The number of nitrogens with one attached hydrogen (secondary N) is 1. The van der Waals surface area contributed by atoms with Gasteiger partial charge in [-0.1, -0.05) is 23.7 Å². The summed E-state index contributed by atoms with van der Waals surface area (Å²) in [5.74, 6) is 0. The fraction of sp³-hybridized carbons (Fsp3) is 0.304. The van der Waals surface area contributed by atoms with Crippen molar-refractivity contribution in [3.8, 4) is 5.69 Å².